The molecule has 16 heavy (non-hydrogen) atoms. The Kier molecular flexibility index (Phi) is 3.43. The molecule has 0 atom stereocenters. The summed E-state index contributed by atoms with van der Waals surface area (Å²) >= 11 is 0. The first-order chi connectivity index (χ1) is 7.65. The van der Waals surface area contributed by atoms with Crippen molar-refractivity contribution in [3.05, 3.63) is 24.0 Å². The van der Waals surface area contributed by atoms with Gasteiger partial charge in [0.15, 0.2) is 0 Å². The van der Waals surface area contributed by atoms with Crippen LogP contribution in [0.15, 0.2) is 18.2 Å². The highest BCUT2D eigenvalue weighted by Gasteiger charge is 2.18. The molecule has 1 fully saturated rings. The van der Waals surface area contributed by atoms with Gasteiger partial charge in [0.25, 0.3) is 0 Å². The Hall–Kier alpha value is -1.10. The van der Waals surface area contributed by atoms with Gasteiger partial charge in [-0.2, -0.15) is 0 Å². The Labute approximate surface area is 96.7 Å². The van der Waals surface area contributed by atoms with E-state index >= 15 is 0 Å². The molecule has 3 nitrogen and oxygen atoms in total. The highest BCUT2D eigenvalue weighted by Crippen LogP contribution is 2.21. The Bertz CT molecular complexity index is 401. The molecule has 2 rings (SSSR count). The minimum Gasteiger partial charge on any atom is -0.399 e. The van der Waals surface area contributed by atoms with Gasteiger partial charge in [-0.05, 0) is 31.0 Å². The number of anilines is 2. The minimum atomic E-state index is -0.682. The van der Waals surface area contributed by atoms with Crippen LogP contribution in [0.4, 0.5) is 15.8 Å². The number of rotatable bonds is 2. The van der Waals surface area contributed by atoms with Crippen molar-refractivity contribution in [1.29, 1.82) is 0 Å². The molecule has 1 aliphatic heterocycles. The average molecular weight is 242 g/mol. The molecule has 0 amide bonds. The molecule has 88 valence electrons. The Morgan fingerprint density at radius 1 is 1.38 bits per heavy atom. The monoisotopic (exact) mass is 242 g/mol. The van der Waals surface area contributed by atoms with Gasteiger partial charge in [0.2, 0.25) is 0 Å². The first kappa shape index (κ1) is 11.4. The predicted molar refractivity (Wildman–Crippen MR) is 65.3 cm³/mol. The summed E-state index contributed by atoms with van der Waals surface area (Å²) in [5.74, 6) is 1.08. The molecule has 3 N–H and O–H groups in total. The van der Waals surface area contributed by atoms with Gasteiger partial charge >= 0.3 is 0 Å². The van der Waals surface area contributed by atoms with Crippen molar-refractivity contribution in [2.45, 2.75) is 18.9 Å². The summed E-state index contributed by atoms with van der Waals surface area (Å²) in [7, 11) is -0.682. The van der Waals surface area contributed by atoms with Crippen LogP contribution in [-0.4, -0.2) is 21.8 Å². The Morgan fingerprint density at radius 2 is 2.06 bits per heavy atom. The van der Waals surface area contributed by atoms with Crippen molar-refractivity contribution in [1.82, 2.24) is 0 Å². The second-order valence-electron chi connectivity index (χ2n) is 4.01. The molecule has 5 heteroatoms. The summed E-state index contributed by atoms with van der Waals surface area (Å²) in [5.41, 5.74) is 6.37. The van der Waals surface area contributed by atoms with Crippen molar-refractivity contribution in [3.63, 3.8) is 0 Å². The van der Waals surface area contributed by atoms with E-state index in [0.717, 1.165) is 12.8 Å². The molecule has 1 aromatic rings. The summed E-state index contributed by atoms with van der Waals surface area (Å²) in [5, 5.41) is 3.13. The van der Waals surface area contributed by atoms with Crippen LogP contribution in [0, 0.1) is 5.82 Å². The van der Waals surface area contributed by atoms with Crippen LogP contribution < -0.4 is 11.1 Å². The van der Waals surface area contributed by atoms with E-state index < -0.39 is 10.8 Å². The van der Waals surface area contributed by atoms with E-state index in [1.54, 1.807) is 12.1 Å². The van der Waals surface area contributed by atoms with Crippen molar-refractivity contribution in [2.24, 2.45) is 0 Å². The summed E-state index contributed by atoms with van der Waals surface area (Å²) in [6, 6.07) is 4.85. The van der Waals surface area contributed by atoms with E-state index in [1.807, 2.05) is 0 Å². The molecular formula is C11H15FN2OS. The molecule has 0 saturated carbocycles. The standard InChI is InChI=1S/C11H15FN2OS/c12-10-7-8(13)1-2-11(10)14-9-3-5-16(15)6-4-9/h1-2,7,9,14H,3-6,13H2. The SMILES string of the molecule is Nc1ccc(NC2CCS(=O)CC2)c(F)c1. The van der Waals surface area contributed by atoms with Gasteiger partial charge in [0.1, 0.15) is 5.82 Å². The van der Waals surface area contributed by atoms with Crippen molar-refractivity contribution in [2.75, 3.05) is 22.6 Å². The molecule has 1 aliphatic rings. The lowest BCUT2D eigenvalue weighted by atomic mass is 10.1. The highest BCUT2D eigenvalue weighted by atomic mass is 32.2. The average Bonchev–Trinajstić information content (AvgIpc) is 2.25. The van der Waals surface area contributed by atoms with Gasteiger partial charge in [-0.15, -0.1) is 0 Å². The Morgan fingerprint density at radius 3 is 2.69 bits per heavy atom. The van der Waals surface area contributed by atoms with E-state index in [0.29, 0.717) is 22.9 Å². The summed E-state index contributed by atoms with van der Waals surface area (Å²) in [4.78, 5) is 0. The molecule has 0 spiro atoms. The van der Waals surface area contributed by atoms with Crippen LogP contribution in [0.5, 0.6) is 0 Å². The van der Waals surface area contributed by atoms with E-state index in [4.69, 9.17) is 5.73 Å². The summed E-state index contributed by atoms with van der Waals surface area (Å²) in [6.45, 7) is 0. The number of hydrogen-bond acceptors (Lipinski definition) is 3. The van der Waals surface area contributed by atoms with E-state index in [9.17, 15) is 8.60 Å². The fraction of sp³-hybridized carbons (Fsp3) is 0.455. The fourth-order valence-corrected chi connectivity index (χ4v) is 3.11. The molecule has 1 aromatic carbocycles. The van der Waals surface area contributed by atoms with Crippen LogP contribution in [0.2, 0.25) is 0 Å². The van der Waals surface area contributed by atoms with Gasteiger partial charge < -0.3 is 11.1 Å². The zero-order valence-electron chi connectivity index (χ0n) is 8.91. The lowest BCUT2D eigenvalue weighted by molar-refractivity contribution is 0.604. The third-order valence-corrected chi connectivity index (χ3v) is 4.12. The molecule has 0 aliphatic carbocycles. The zero-order valence-corrected chi connectivity index (χ0v) is 9.73. The van der Waals surface area contributed by atoms with Crippen LogP contribution >= 0.6 is 0 Å². The quantitative estimate of drug-likeness (QED) is 0.777. The number of benzene rings is 1. The molecule has 0 radical (unpaired) electrons. The van der Waals surface area contributed by atoms with Gasteiger partial charge in [0.05, 0.1) is 5.69 Å². The lowest BCUT2D eigenvalue weighted by Crippen LogP contribution is -2.29. The summed E-state index contributed by atoms with van der Waals surface area (Å²) < 4.78 is 24.6. The minimum absolute atomic E-state index is 0.218. The molecule has 1 heterocycles. The number of nitrogens with two attached hydrogens (primary N) is 1. The van der Waals surface area contributed by atoms with Crippen molar-refractivity contribution < 1.29 is 8.60 Å². The van der Waals surface area contributed by atoms with Gasteiger partial charge in [0, 0.05) is 34.0 Å². The maximum atomic E-state index is 13.5. The second-order valence-corrected chi connectivity index (χ2v) is 5.70. The number of hydrogen-bond donors (Lipinski definition) is 2. The van der Waals surface area contributed by atoms with E-state index in [-0.39, 0.29) is 11.9 Å². The zero-order chi connectivity index (χ0) is 11.5. The summed E-state index contributed by atoms with van der Waals surface area (Å²) in [6.07, 6.45) is 1.66. The van der Waals surface area contributed by atoms with Crippen molar-refractivity contribution >= 4 is 22.2 Å². The first-order valence-electron chi connectivity index (χ1n) is 5.31. The van der Waals surface area contributed by atoms with Crippen LogP contribution in [0.3, 0.4) is 0 Å². The largest absolute Gasteiger partial charge is 0.399 e. The second kappa shape index (κ2) is 4.82. The van der Waals surface area contributed by atoms with Crippen LogP contribution in [-0.2, 0) is 10.8 Å². The predicted octanol–water partition coefficient (Wildman–Crippen LogP) is 1.73. The van der Waals surface area contributed by atoms with Gasteiger partial charge in [-0.3, -0.25) is 4.21 Å². The smallest absolute Gasteiger partial charge is 0.148 e. The molecule has 0 bridgehead atoms. The third kappa shape index (κ3) is 2.72. The third-order valence-electron chi connectivity index (χ3n) is 2.74. The molecule has 1 saturated heterocycles. The fourth-order valence-electron chi connectivity index (χ4n) is 1.81. The molecule has 0 aromatic heterocycles. The van der Waals surface area contributed by atoms with Gasteiger partial charge in [-0.25, -0.2) is 4.39 Å². The molecule has 0 unspecified atom stereocenters. The number of halogens is 1. The first-order valence-corrected chi connectivity index (χ1v) is 6.80. The number of nitrogens with one attached hydrogen (secondary N) is 1. The maximum Gasteiger partial charge on any atom is 0.148 e. The Balaban J connectivity index is 2.01. The lowest BCUT2D eigenvalue weighted by Gasteiger charge is -2.23. The van der Waals surface area contributed by atoms with Crippen LogP contribution in [0.1, 0.15) is 12.8 Å². The number of nitrogen functional groups attached to an aromatic ring is 1. The van der Waals surface area contributed by atoms with E-state index in [1.165, 1.54) is 6.07 Å². The van der Waals surface area contributed by atoms with Crippen LogP contribution in [0.25, 0.3) is 0 Å². The van der Waals surface area contributed by atoms with E-state index in [2.05, 4.69) is 5.32 Å². The topological polar surface area (TPSA) is 55.1 Å². The maximum absolute atomic E-state index is 13.5. The van der Waals surface area contributed by atoms with Gasteiger partial charge in [-0.1, -0.05) is 0 Å². The molecular weight excluding hydrogens is 227 g/mol. The van der Waals surface area contributed by atoms with Crippen molar-refractivity contribution in [3.8, 4) is 0 Å². The normalized spacial score (nSPS) is 25.3. The highest BCUT2D eigenvalue weighted by molar-refractivity contribution is 7.85.